The minimum absolute atomic E-state index is 0.800. The van der Waals surface area contributed by atoms with Crippen molar-refractivity contribution in [3.8, 4) is 0 Å². The molecule has 0 saturated heterocycles. The molecule has 0 radical (unpaired) electrons. The fourth-order valence-corrected chi connectivity index (χ4v) is 1.69. The molecule has 0 bridgehead atoms. The van der Waals surface area contributed by atoms with Crippen molar-refractivity contribution in [1.82, 2.24) is 0 Å². The van der Waals surface area contributed by atoms with Gasteiger partial charge in [-0.25, -0.2) is 0 Å². The van der Waals surface area contributed by atoms with Gasteiger partial charge in [-0.1, -0.05) is 39.7 Å². The largest absolute Gasteiger partial charge is 0.100 e. The van der Waals surface area contributed by atoms with Gasteiger partial charge in [0.2, 0.25) is 0 Å². The molecule has 0 aliphatic rings. The van der Waals surface area contributed by atoms with E-state index in [-0.39, 0.29) is 0 Å². The predicted octanol–water partition coefficient (Wildman–Crippen LogP) is 4.27. The standard InChI is InChI=1S/C12H24/c1-7-12(8-9(2)3)11(6)10(4)5/h10-12H,2,7-8H2,1,3-6H3. The van der Waals surface area contributed by atoms with Gasteiger partial charge < -0.3 is 0 Å². The molecule has 0 N–H and O–H groups in total. The summed E-state index contributed by atoms with van der Waals surface area (Å²) in [5, 5.41) is 0. The van der Waals surface area contributed by atoms with E-state index in [4.69, 9.17) is 0 Å². The molecule has 0 fully saturated rings. The average molecular weight is 168 g/mol. The molecule has 72 valence electrons. The zero-order valence-corrected chi connectivity index (χ0v) is 9.35. The molecular formula is C12H24. The molecule has 0 heterocycles. The first-order chi connectivity index (χ1) is 5.49. The zero-order valence-electron chi connectivity index (χ0n) is 9.35. The van der Waals surface area contributed by atoms with Gasteiger partial charge in [0.1, 0.15) is 0 Å². The van der Waals surface area contributed by atoms with Crippen LogP contribution < -0.4 is 0 Å². The van der Waals surface area contributed by atoms with E-state index in [1.807, 2.05) is 0 Å². The van der Waals surface area contributed by atoms with Crippen LogP contribution in [-0.4, -0.2) is 0 Å². The van der Waals surface area contributed by atoms with Gasteiger partial charge >= 0.3 is 0 Å². The number of hydrogen-bond acceptors (Lipinski definition) is 0. The first-order valence-electron chi connectivity index (χ1n) is 5.13. The van der Waals surface area contributed by atoms with Gasteiger partial charge in [-0.2, -0.15) is 0 Å². The maximum absolute atomic E-state index is 3.98. The van der Waals surface area contributed by atoms with Crippen molar-refractivity contribution in [2.75, 3.05) is 0 Å². The van der Waals surface area contributed by atoms with Crippen molar-refractivity contribution in [3.63, 3.8) is 0 Å². The highest BCUT2D eigenvalue weighted by Gasteiger charge is 2.17. The topological polar surface area (TPSA) is 0 Å². The van der Waals surface area contributed by atoms with E-state index < -0.39 is 0 Å². The molecule has 2 atom stereocenters. The number of hydrogen-bond donors (Lipinski definition) is 0. The summed E-state index contributed by atoms with van der Waals surface area (Å²) in [6, 6.07) is 0. The van der Waals surface area contributed by atoms with E-state index in [2.05, 4.69) is 41.2 Å². The Kier molecular flexibility index (Phi) is 5.28. The second-order valence-corrected chi connectivity index (χ2v) is 4.43. The van der Waals surface area contributed by atoms with Gasteiger partial charge in [0.15, 0.2) is 0 Å². The SMILES string of the molecule is C=C(C)CC(CC)C(C)C(C)C. The molecule has 12 heavy (non-hydrogen) atoms. The second-order valence-electron chi connectivity index (χ2n) is 4.43. The summed E-state index contributed by atoms with van der Waals surface area (Å²) in [5.74, 6) is 2.46. The molecule has 0 heteroatoms. The normalized spacial score (nSPS) is 16.2. The highest BCUT2D eigenvalue weighted by atomic mass is 14.2. The van der Waals surface area contributed by atoms with Crippen molar-refractivity contribution in [2.24, 2.45) is 17.8 Å². The minimum atomic E-state index is 0.800. The van der Waals surface area contributed by atoms with Crippen LogP contribution in [0.2, 0.25) is 0 Å². The molecule has 0 aliphatic carbocycles. The Balaban J connectivity index is 4.04. The third-order valence-corrected chi connectivity index (χ3v) is 2.93. The third kappa shape index (κ3) is 3.94. The van der Waals surface area contributed by atoms with Crippen LogP contribution >= 0.6 is 0 Å². The van der Waals surface area contributed by atoms with Crippen molar-refractivity contribution in [1.29, 1.82) is 0 Å². The molecule has 0 aromatic heterocycles. The Bertz CT molecular complexity index is 133. The van der Waals surface area contributed by atoms with Gasteiger partial charge in [0, 0.05) is 0 Å². The third-order valence-electron chi connectivity index (χ3n) is 2.93. The highest BCUT2D eigenvalue weighted by Crippen LogP contribution is 2.28. The van der Waals surface area contributed by atoms with Crippen LogP contribution in [-0.2, 0) is 0 Å². The summed E-state index contributed by atoms with van der Waals surface area (Å²) in [6.45, 7) is 15.4. The Morgan fingerprint density at radius 3 is 2.00 bits per heavy atom. The number of rotatable bonds is 5. The maximum Gasteiger partial charge on any atom is -0.0295 e. The summed E-state index contributed by atoms with van der Waals surface area (Å²) in [4.78, 5) is 0. The lowest BCUT2D eigenvalue weighted by Crippen LogP contribution is -2.16. The van der Waals surface area contributed by atoms with Gasteiger partial charge in [-0.3, -0.25) is 0 Å². The van der Waals surface area contributed by atoms with E-state index in [1.54, 1.807) is 0 Å². The second kappa shape index (κ2) is 5.40. The van der Waals surface area contributed by atoms with Gasteiger partial charge in [-0.05, 0) is 31.1 Å². The van der Waals surface area contributed by atoms with Gasteiger partial charge in [0.25, 0.3) is 0 Å². The molecule has 0 nitrogen and oxygen atoms in total. The summed E-state index contributed by atoms with van der Waals surface area (Å²) >= 11 is 0. The van der Waals surface area contributed by atoms with Crippen LogP contribution in [0.5, 0.6) is 0 Å². The van der Waals surface area contributed by atoms with E-state index in [0.717, 1.165) is 17.8 Å². The smallest absolute Gasteiger partial charge is 0.0295 e. The van der Waals surface area contributed by atoms with E-state index in [0.29, 0.717) is 0 Å². The van der Waals surface area contributed by atoms with Crippen LogP contribution in [0.4, 0.5) is 0 Å². The molecule has 0 aromatic carbocycles. The average Bonchev–Trinajstić information content (AvgIpc) is 1.98. The van der Waals surface area contributed by atoms with Crippen LogP contribution in [0, 0.1) is 17.8 Å². The Hall–Kier alpha value is -0.260. The first-order valence-corrected chi connectivity index (χ1v) is 5.13. The molecule has 2 unspecified atom stereocenters. The predicted molar refractivity (Wildman–Crippen MR) is 57.2 cm³/mol. The summed E-state index contributed by atoms with van der Waals surface area (Å²) in [7, 11) is 0. The van der Waals surface area contributed by atoms with Crippen molar-refractivity contribution in [2.45, 2.75) is 47.5 Å². The van der Waals surface area contributed by atoms with Crippen LogP contribution in [0.3, 0.4) is 0 Å². The lowest BCUT2D eigenvalue weighted by atomic mass is 9.80. The summed E-state index contributed by atoms with van der Waals surface area (Å²) < 4.78 is 0. The fourth-order valence-electron chi connectivity index (χ4n) is 1.69. The molecule has 0 rings (SSSR count). The molecule has 0 amide bonds. The van der Waals surface area contributed by atoms with Crippen LogP contribution in [0.15, 0.2) is 12.2 Å². The minimum Gasteiger partial charge on any atom is -0.100 e. The Labute approximate surface area is 78.1 Å². The highest BCUT2D eigenvalue weighted by molar-refractivity contribution is 4.91. The summed E-state index contributed by atoms with van der Waals surface area (Å²) in [5.41, 5.74) is 1.33. The number of allylic oxidation sites excluding steroid dienone is 1. The van der Waals surface area contributed by atoms with Gasteiger partial charge in [-0.15, -0.1) is 6.58 Å². The van der Waals surface area contributed by atoms with Crippen molar-refractivity contribution in [3.05, 3.63) is 12.2 Å². The lowest BCUT2D eigenvalue weighted by molar-refractivity contribution is 0.267. The Morgan fingerprint density at radius 1 is 1.25 bits per heavy atom. The molecule has 0 aliphatic heterocycles. The van der Waals surface area contributed by atoms with Crippen molar-refractivity contribution < 1.29 is 0 Å². The first kappa shape index (κ1) is 11.7. The summed E-state index contributed by atoms with van der Waals surface area (Å²) in [6.07, 6.45) is 2.49. The fraction of sp³-hybridized carbons (Fsp3) is 0.833. The molecule has 0 saturated carbocycles. The monoisotopic (exact) mass is 168 g/mol. The van der Waals surface area contributed by atoms with Crippen LogP contribution in [0.25, 0.3) is 0 Å². The lowest BCUT2D eigenvalue weighted by Gasteiger charge is -2.26. The molecule has 0 spiro atoms. The van der Waals surface area contributed by atoms with Crippen LogP contribution in [0.1, 0.15) is 47.5 Å². The quantitative estimate of drug-likeness (QED) is 0.538. The zero-order chi connectivity index (χ0) is 9.72. The van der Waals surface area contributed by atoms with Gasteiger partial charge in [0.05, 0.1) is 0 Å². The van der Waals surface area contributed by atoms with E-state index >= 15 is 0 Å². The van der Waals surface area contributed by atoms with E-state index in [1.165, 1.54) is 18.4 Å². The maximum atomic E-state index is 3.98. The Morgan fingerprint density at radius 2 is 1.75 bits per heavy atom. The molecular weight excluding hydrogens is 144 g/mol. The van der Waals surface area contributed by atoms with Crippen molar-refractivity contribution >= 4 is 0 Å². The molecule has 0 aromatic rings. The van der Waals surface area contributed by atoms with E-state index in [9.17, 15) is 0 Å².